The van der Waals surface area contributed by atoms with Crippen LogP contribution in [0.4, 0.5) is 4.39 Å². The fourth-order valence-electron chi connectivity index (χ4n) is 2.69. The zero-order chi connectivity index (χ0) is 22.0. The summed E-state index contributed by atoms with van der Waals surface area (Å²) in [4.78, 5) is -0.00475. The maximum Gasteiger partial charge on any atom is 0.240 e. The molecule has 0 atom stereocenters. The molecular weight excluding hydrogens is 468 g/mol. The van der Waals surface area contributed by atoms with Crippen LogP contribution >= 0.6 is 23.2 Å². The third-order valence-electron chi connectivity index (χ3n) is 4.19. The van der Waals surface area contributed by atoms with E-state index in [1.165, 1.54) is 34.8 Å². The molecule has 0 saturated heterocycles. The molecule has 1 N–H and O–H groups in total. The predicted molar refractivity (Wildman–Crippen MR) is 113 cm³/mol. The Hall–Kier alpha value is -2.79. The van der Waals surface area contributed by atoms with Crippen LogP contribution in [0.3, 0.4) is 0 Å². The molecule has 0 amide bonds. The first kappa shape index (κ1) is 21.4. The topological polar surface area (TPSA) is 98.5 Å². The fourth-order valence-corrected chi connectivity index (χ4v) is 4.09. The second-order valence-corrected chi connectivity index (χ2v) is 8.88. The van der Waals surface area contributed by atoms with Crippen LogP contribution in [0.2, 0.25) is 10.0 Å². The van der Waals surface area contributed by atoms with Gasteiger partial charge in [-0.2, -0.15) is 4.52 Å². The van der Waals surface area contributed by atoms with Gasteiger partial charge in [0.05, 0.1) is 14.9 Å². The number of nitrogens with zero attached hydrogens (tertiary/aromatic N) is 4. The van der Waals surface area contributed by atoms with E-state index in [0.29, 0.717) is 17.0 Å². The average molecular weight is 482 g/mol. The molecule has 4 aromatic rings. The molecule has 0 saturated carbocycles. The fraction of sp³-hybridized carbons (Fsp3) is 0.105. The van der Waals surface area contributed by atoms with Gasteiger partial charge >= 0.3 is 0 Å². The highest BCUT2D eigenvalue weighted by Crippen LogP contribution is 2.24. The Bertz CT molecular complexity index is 1350. The zero-order valence-corrected chi connectivity index (χ0v) is 18.0. The summed E-state index contributed by atoms with van der Waals surface area (Å²) in [5.74, 6) is 0.294. The molecule has 0 aliphatic heterocycles. The van der Waals surface area contributed by atoms with Crippen molar-refractivity contribution < 1.29 is 17.5 Å². The molecule has 4 rings (SSSR count). The van der Waals surface area contributed by atoms with Gasteiger partial charge in [0.2, 0.25) is 15.9 Å². The minimum absolute atomic E-state index is 0.00467. The van der Waals surface area contributed by atoms with E-state index in [1.54, 1.807) is 24.3 Å². The van der Waals surface area contributed by atoms with Crippen LogP contribution in [0.25, 0.3) is 17.0 Å². The Morgan fingerprint density at radius 3 is 2.52 bits per heavy atom. The average Bonchev–Trinajstić information content (AvgIpc) is 3.17. The SMILES string of the molecule is O=S(=O)(NCCOc1ccc2nnc(-c3ccc(F)cc3)n2n1)c1ccc(Cl)c(Cl)c1. The Labute approximate surface area is 186 Å². The van der Waals surface area contributed by atoms with Gasteiger partial charge in [0.15, 0.2) is 11.5 Å². The molecule has 8 nitrogen and oxygen atoms in total. The van der Waals surface area contributed by atoms with Gasteiger partial charge in [-0.1, -0.05) is 23.2 Å². The molecule has 0 unspecified atom stereocenters. The van der Waals surface area contributed by atoms with Crippen molar-refractivity contribution in [2.75, 3.05) is 13.2 Å². The van der Waals surface area contributed by atoms with Crippen LogP contribution in [-0.4, -0.2) is 41.4 Å². The summed E-state index contributed by atoms with van der Waals surface area (Å²) in [7, 11) is -3.78. The maximum absolute atomic E-state index is 13.2. The number of hydrogen-bond acceptors (Lipinski definition) is 6. The van der Waals surface area contributed by atoms with Crippen molar-refractivity contribution >= 4 is 38.9 Å². The number of sulfonamides is 1. The normalized spacial score (nSPS) is 11.7. The molecule has 2 aromatic carbocycles. The summed E-state index contributed by atoms with van der Waals surface area (Å²) < 4.78 is 47.3. The first-order valence-electron chi connectivity index (χ1n) is 8.89. The smallest absolute Gasteiger partial charge is 0.240 e. The van der Waals surface area contributed by atoms with Gasteiger partial charge < -0.3 is 4.74 Å². The summed E-state index contributed by atoms with van der Waals surface area (Å²) >= 11 is 11.7. The van der Waals surface area contributed by atoms with E-state index in [2.05, 4.69) is 20.0 Å². The molecule has 0 fully saturated rings. The number of benzene rings is 2. The molecule has 160 valence electrons. The number of rotatable bonds is 7. The number of fused-ring (bicyclic) bond motifs is 1. The Balaban J connectivity index is 1.43. The van der Waals surface area contributed by atoms with E-state index >= 15 is 0 Å². The first-order valence-corrected chi connectivity index (χ1v) is 11.1. The van der Waals surface area contributed by atoms with E-state index in [9.17, 15) is 12.8 Å². The minimum atomic E-state index is -3.78. The molecule has 2 heterocycles. The lowest BCUT2D eigenvalue weighted by Crippen LogP contribution is -2.28. The third-order valence-corrected chi connectivity index (χ3v) is 6.38. The molecule has 31 heavy (non-hydrogen) atoms. The van der Waals surface area contributed by atoms with Crippen molar-refractivity contribution in [3.63, 3.8) is 0 Å². The van der Waals surface area contributed by atoms with Crippen LogP contribution in [-0.2, 0) is 10.0 Å². The second-order valence-electron chi connectivity index (χ2n) is 6.29. The maximum atomic E-state index is 13.2. The molecule has 2 aromatic heterocycles. The molecule has 0 radical (unpaired) electrons. The number of ether oxygens (including phenoxy) is 1. The monoisotopic (exact) mass is 481 g/mol. The number of nitrogens with one attached hydrogen (secondary N) is 1. The molecular formula is C19H14Cl2FN5O3S. The standard InChI is InChI=1S/C19H14Cl2FN5O3S/c20-15-6-5-14(11-16(15)21)31(28,29)23-9-10-30-18-8-7-17-24-25-19(27(17)26-18)12-1-3-13(22)4-2-12/h1-8,11,23H,9-10H2. The lowest BCUT2D eigenvalue weighted by atomic mass is 10.2. The molecule has 0 aliphatic rings. The van der Waals surface area contributed by atoms with E-state index in [0.717, 1.165) is 0 Å². The van der Waals surface area contributed by atoms with Gasteiger partial charge in [-0.3, -0.25) is 0 Å². The van der Waals surface area contributed by atoms with Gasteiger partial charge in [0.25, 0.3) is 0 Å². The first-order chi connectivity index (χ1) is 14.8. The quantitative estimate of drug-likeness (QED) is 0.405. The highest BCUT2D eigenvalue weighted by molar-refractivity contribution is 7.89. The van der Waals surface area contributed by atoms with Crippen molar-refractivity contribution in [3.8, 4) is 17.3 Å². The summed E-state index contributed by atoms with van der Waals surface area (Å²) in [5.41, 5.74) is 1.11. The molecule has 0 aliphatic carbocycles. The summed E-state index contributed by atoms with van der Waals surface area (Å²) in [5, 5.41) is 12.8. The van der Waals surface area contributed by atoms with Crippen LogP contribution in [0.15, 0.2) is 59.5 Å². The van der Waals surface area contributed by atoms with Gasteiger partial charge in [-0.05, 0) is 48.5 Å². The van der Waals surface area contributed by atoms with Gasteiger partial charge in [0.1, 0.15) is 12.4 Å². The summed E-state index contributed by atoms with van der Waals surface area (Å²) in [6, 6.07) is 13.0. The van der Waals surface area contributed by atoms with Crippen molar-refractivity contribution in [2.45, 2.75) is 4.90 Å². The van der Waals surface area contributed by atoms with E-state index in [-0.39, 0.29) is 39.8 Å². The van der Waals surface area contributed by atoms with Crippen molar-refractivity contribution in [1.29, 1.82) is 0 Å². The van der Waals surface area contributed by atoms with E-state index in [1.807, 2.05) is 0 Å². The summed E-state index contributed by atoms with van der Waals surface area (Å²) in [6.45, 7) is 0.0162. The van der Waals surface area contributed by atoms with Gasteiger partial charge in [0, 0.05) is 18.2 Å². The van der Waals surface area contributed by atoms with Gasteiger partial charge in [-0.15, -0.1) is 15.3 Å². The predicted octanol–water partition coefficient (Wildman–Crippen LogP) is 3.59. The van der Waals surface area contributed by atoms with E-state index < -0.39 is 10.0 Å². The molecule has 0 spiro atoms. The van der Waals surface area contributed by atoms with Crippen molar-refractivity contribution in [3.05, 3.63) is 70.5 Å². The van der Waals surface area contributed by atoms with Crippen LogP contribution in [0, 0.1) is 5.82 Å². The lowest BCUT2D eigenvalue weighted by molar-refractivity contribution is 0.306. The van der Waals surface area contributed by atoms with Crippen molar-refractivity contribution in [1.82, 2.24) is 24.5 Å². The second kappa shape index (κ2) is 8.75. The summed E-state index contributed by atoms with van der Waals surface area (Å²) in [6.07, 6.45) is 0. The largest absolute Gasteiger partial charge is 0.475 e. The third kappa shape index (κ3) is 4.77. The van der Waals surface area contributed by atoms with Crippen LogP contribution in [0.1, 0.15) is 0 Å². The Morgan fingerprint density at radius 1 is 1.00 bits per heavy atom. The molecule has 0 bridgehead atoms. The minimum Gasteiger partial charge on any atom is -0.475 e. The number of halogens is 3. The Morgan fingerprint density at radius 2 is 1.77 bits per heavy atom. The Kier molecular flexibility index (Phi) is 6.05. The lowest BCUT2D eigenvalue weighted by Gasteiger charge is -2.09. The highest BCUT2D eigenvalue weighted by atomic mass is 35.5. The van der Waals surface area contributed by atoms with Crippen LogP contribution in [0.5, 0.6) is 5.88 Å². The highest BCUT2D eigenvalue weighted by Gasteiger charge is 2.15. The number of aromatic nitrogens is 4. The van der Waals surface area contributed by atoms with Crippen LogP contribution < -0.4 is 9.46 Å². The molecule has 12 heteroatoms. The van der Waals surface area contributed by atoms with Crippen molar-refractivity contribution in [2.24, 2.45) is 0 Å². The zero-order valence-electron chi connectivity index (χ0n) is 15.7. The van der Waals surface area contributed by atoms with E-state index in [4.69, 9.17) is 27.9 Å². The van der Waals surface area contributed by atoms with Gasteiger partial charge in [-0.25, -0.2) is 17.5 Å². The number of hydrogen-bond donors (Lipinski definition) is 1.